The van der Waals surface area contributed by atoms with Crippen LogP contribution in [0.1, 0.15) is 232 Å². The SMILES string of the molecule is CCCCCCCCCCCCCCCCCC(=O)N(C(=O)CCCCCCCCCCCCCCCCC)[C@@H](CCC(=O)O)C(=O)O. The largest absolute Gasteiger partial charge is 0.481 e. The van der Waals surface area contributed by atoms with E-state index in [4.69, 9.17) is 5.11 Å². The van der Waals surface area contributed by atoms with Gasteiger partial charge in [-0.05, 0) is 19.3 Å². The van der Waals surface area contributed by atoms with E-state index in [2.05, 4.69) is 13.8 Å². The van der Waals surface area contributed by atoms with Crippen LogP contribution in [0, 0.1) is 0 Å². The second-order valence-electron chi connectivity index (χ2n) is 14.3. The van der Waals surface area contributed by atoms with Gasteiger partial charge in [-0.2, -0.15) is 0 Å². The van der Waals surface area contributed by atoms with Gasteiger partial charge in [0.05, 0.1) is 0 Å². The van der Waals surface area contributed by atoms with Crippen LogP contribution in [0.2, 0.25) is 0 Å². The molecule has 282 valence electrons. The number of aliphatic carboxylic acids is 2. The summed E-state index contributed by atoms with van der Waals surface area (Å²) in [4.78, 5) is 50.4. The average Bonchev–Trinajstić information content (AvgIpc) is 3.06. The molecule has 0 saturated heterocycles. The summed E-state index contributed by atoms with van der Waals surface area (Å²) >= 11 is 0. The molecule has 0 aromatic rings. The number of hydrogen-bond donors (Lipinski definition) is 2. The predicted molar refractivity (Wildman–Crippen MR) is 199 cm³/mol. The topological polar surface area (TPSA) is 112 Å². The van der Waals surface area contributed by atoms with Crippen LogP contribution in [0.15, 0.2) is 0 Å². The van der Waals surface area contributed by atoms with Gasteiger partial charge < -0.3 is 10.2 Å². The van der Waals surface area contributed by atoms with Crippen molar-refractivity contribution in [1.29, 1.82) is 0 Å². The number of imide groups is 1. The third kappa shape index (κ3) is 29.0. The van der Waals surface area contributed by atoms with Crippen molar-refractivity contribution in [1.82, 2.24) is 4.90 Å². The van der Waals surface area contributed by atoms with Crippen LogP contribution < -0.4 is 0 Å². The molecule has 0 aliphatic rings. The Labute approximate surface area is 295 Å². The van der Waals surface area contributed by atoms with Crippen LogP contribution in [0.3, 0.4) is 0 Å². The minimum atomic E-state index is -1.42. The van der Waals surface area contributed by atoms with Crippen molar-refractivity contribution < 1.29 is 29.4 Å². The fourth-order valence-electron chi connectivity index (χ4n) is 6.65. The van der Waals surface area contributed by atoms with Gasteiger partial charge in [0.2, 0.25) is 11.8 Å². The van der Waals surface area contributed by atoms with Crippen molar-refractivity contribution in [3.63, 3.8) is 0 Å². The van der Waals surface area contributed by atoms with E-state index in [-0.39, 0.29) is 19.3 Å². The molecule has 0 fully saturated rings. The lowest BCUT2D eigenvalue weighted by Gasteiger charge is -2.27. The zero-order valence-electron chi connectivity index (χ0n) is 31.6. The summed E-state index contributed by atoms with van der Waals surface area (Å²) in [6.45, 7) is 4.50. The number of amides is 2. The molecule has 0 aromatic carbocycles. The fourth-order valence-corrected chi connectivity index (χ4v) is 6.65. The van der Waals surface area contributed by atoms with Gasteiger partial charge in [0.1, 0.15) is 6.04 Å². The number of carboxylic acid groups (broad SMARTS) is 2. The molecule has 0 heterocycles. The van der Waals surface area contributed by atoms with Crippen LogP contribution in [-0.2, 0) is 19.2 Å². The standard InChI is InChI=1S/C41H77NO6/c1-3-5-7-9-11-13-15-17-19-21-23-25-27-29-31-33-38(43)42(37(41(47)48)35-36-40(45)46)39(44)34-32-30-28-26-24-22-20-18-16-14-12-10-8-6-4-2/h37H,3-36H2,1-2H3,(H,45,46)(H,47,48)/t37-/m0/s1. The molecule has 48 heavy (non-hydrogen) atoms. The second kappa shape index (κ2) is 34.9. The van der Waals surface area contributed by atoms with E-state index in [0.717, 1.165) is 43.4 Å². The molecule has 7 heteroatoms. The first-order valence-corrected chi connectivity index (χ1v) is 20.6. The number of carboxylic acids is 2. The van der Waals surface area contributed by atoms with Crippen molar-refractivity contribution >= 4 is 23.8 Å². The van der Waals surface area contributed by atoms with E-state index in [1.807, 2.05) is 0 Å². The number of unbranched alkanes of at least 4 members (excludes halogenated alkanes) is 28. The van der Waals surface area contributed by atoms with Crippen molar-refractivity contribution in [2.75, 3.05) is 0 Å². The number of carbonyl (C=O) groups is 4. The Balaban J connectivity index is 4.30. The Kier molecular flexibility index (Phi) is 33.5. The van der Waals surface area contributed by atoms with Gasteiger partial charge in [-0.15, -0.1) is 0 Å². The molecule has 0 aliphatic heterocycles. The normalized spacial score (nSPS) is 11.9. The molecular formula is C41H77NO6. The van der Waals surface area contributed by atoms with E-state index in [1.54, 1.807) is 0 Å². The Hall–Kier alpha value is -1.92. The lowest BCUT2D eigenvalue weighted by Crippen LogP contribution is -2.48. The van der Waals surface area contributed by atoms with Gasteiger partial charge in [0, 0.05) is 19.3 Å². The van der Waals surface area contributed by atoms with Gasteiger partial charge in [0.15, 0.2) is 0 Å². The quantitative estimate of drug-likeness (QED) is 0.0632. The van der Waals surface area contributed by atoms with E-state index >= 15 is 0 Å². The van der Waals surface area contributed by atoms with Gasteiger partial charge >= 0.3 is 11.9 Å². The third-order valence-electron chi connectivity index (χ3n) is 9.75. The Morgan fingerprint density at radius 2 is 0.646 bits per heavy atom. The molecule has 0 spiro atoms. The Bertz CT molecular complexity index is 739. The number of hydrogen-bond acceptors (Lipinski definition) is 4. The van der Waals surface area contributed by atoms with E-state index < -0.39 is 36.2 Å². The third-order valence-corrected chi connectivity index (χ3v) is 9.75. The van der Waals surface area contributed by atoms with Crippen LogP contribution in [-0.4, -0.2) is 44.9 Å². The lowest BCUT2D eigenvalue weighted by molar-refractivity contribution is -0.159. The minimum absolute atomic E-state index is 0.125. The summed E-state index contributed by atoms with van der Waals surface area (Å²) < 4.78 is 0. The first-order chi connectivity index (χ1) is 23.3. The van der Waals surface area contributed by atoms with Crippen molar-refractivity contribution in [2.45, 2.75) is 238 Å². The highest BCUT2D eigenvalue weighted by molar-refractivity contribution is 5.99. The molecule has 0 radical (unpaired) electrons. The monoisotopic (exact) mass is 680 g/mol. The maximum Gasteiger partial charge on any atom is 0.326 e. The molecule has 2 amide bonds. The van der Waals surface area contributed by atoms with Gasteiger partial charge in [-0.25, -0.2) is 4.79 Å². The van der Waals surface area contributed by atoms with Gasteiger partial charge in [0.25, 0.3) is 0 Å². The number of carbonyl (C=O) groups excluding carboxylic acids is 2. The van der Waals surface area contributed by atoms with Crippen LogP contribution in [0.5, 0.6) is 0 Å². The summed E-state index contributed by atoms with van der Waals surface area (Å²) in [5, 5.41) is 18.9. The van der Waals surface area contributed by atoms with Crippen LogP contribution in [0.4, 0.5) is 0 Å². The molecule has 0 unspecified atom stereocenters. The smallest absolute Gasteiger partial charge is 0.326 e. The van der Waals surface area contributed by atoms with Crippen molar-refractivity contribution in [3.05, 3.63) is 0 Å². The zero-order chi connectivity index (χ0) is 35.5. The Morgan fingerprint density at radius 1 is 0.396 bits per heavy atom. The highest BCUT2D eigenvalue weighted by Gasteiger charge is 2.34. The molecule has 0 aliphatic carbocycles. The Morgan fingerprint density at radius 3 is 0.875 bits per heavy atom. The van der Waals surface area contributed by atoms with Crippen LogP contribution >= 0.6 is 0 Å². The van der Waals surface area contributed by atoms with Gasteiger partial charge in [-0.3, -0.25) is 19.3 Å². The molecule has 0 rings (SSSR count). The average molecular weight is 680 g/mol. The van der Waals surface area contributed by atoms with E-state index in [0.29, 0.717) is 12.8 Å². The molecule has 0 saturated carbocycles. The zero-order valence-corrected chi connectivity index (χ0v) is 31.6. The summed E-state index contributed by atoms with van der Waals surface area (Å²) in [6, 6.07) is -1.42. The maximum absolute atomic E-state index is 13.2. The first-order valence-electron chi connectivity index (χ1n) is 20.6. The summed E-state index contributed by atoms with van der Waals surface area (Å²) in [6.07, 6.45) is 35.9. The molecule has 1 atom stereocenters. The predicted octanol–water partition coefficient (Wildman–Crippen LogP) is 12.2. The minimum Gasteiger partial charge on any atom is -0.481 e. The maximum atomic E-state index is 13.2. The summed E-state index contributed by atoms with van der Waals surface area (Å²) in [7, 11) is 0. The highest BCUT2D eigenvalue weighted by atomic mass is 16.4. The fraction of sp³-hybridized carbons (Fsp3) is 0.902. The molecule has 0 aromatic heterocycles. The van der Waals surface area contributed by atoms with Crippen LogP contribution in [0.25, 0.3) is 0 Å². The van der Waals surface area contributed by atoms with Gasteiger partial charge in [-0.1, -0.05) is 194 Å². The molecule has 0 bridgehead atoms. The highest BCUT2D eigenvalue weighted by Crippen LogP contribution is 2.19. The van der Waals surface area contributed by atoms with Crippen molar-refractivity contribution in [3.8, 4) is 0 Å². The van der Waals surface area contributed by atoms with Crippen molar-refractivity contribution in [2.24, 2.45) is 0 Å². The summed E-state index contributed by atoms with van der Waals surface area (Å²) in [5.74, 6) is -3.40. The molecular weight excluding hydrogens is 602 g/mol. The second-order valence-corrected chi connectivity index (χ2v) is 14.3. The number of rotatable bonds is 37. The summed E-state index contributed by atoms with van der Waals surface area (Å²) in [5.41, 5.74) is 0. The first kappa shape index (κ1) is 46.1. The number of nitrogens with zero attached hydrogens (tertiary/aromatic N) is 1. The molecule has 2 N–H and O–H groups in total. The van der Waals surface area contributed by atoms with E-state index in [9.17, 15) is 24.3 Å². The lowest BCUT2D eigenvalue weighted by atomic mass is 10.0. The van der Waals surface area contributed by atoms with E-state index in [1.165, 1.54) is 141 Å². The molecule has 7 nitrogen and oxygen atoms in total.